The second kappa shape index (κ2) is 10.4. The predicted molar refractivity (Wildman–Crippen MR) is 98.2 cm³/mol. The van der Waals surface area contributed by atoms with Gasteiger partial charge in [0.1, 0.15) is 8.07 Å². The highest BCUT2D eigenvalue weighted by Crippen LogP contribution is 2.17. The molecule has 3 nitrogen and oxygen atoms in total. The highest BCUT2D eigenvalue weighted by molar-refractivity contribution is 6.95. The highest BCUT2D eigenvalue weighted by atomic mass is 28.3. The molecular formula is C19H29O3Si. The largest absolute Gasteiger partial charge is 0.373 e. The Morgan fingerprint density at radius 2 is 1.78 bits per heavy atom. The first-order chi connectivity index (χ1) is 11.1. The van der Waals surface area contributed by atoms with Crippen LogP contribution < -0.4 is 5.19 Å². The molecule has 0 aromatic heterocycles. The van der Waals surface area contributed by atoms with Gasteiger partial charge >= 0.3 is 5.97 Å². The summed E-state index contributed by atoms with van der Waals surface area (Å²) >= 11 is 0. The molecule has 0 heterocycles. The second-order valence-corrected chi connectivity index (χ2v) is 10.5. The van der Waals surface area contributed by atoms with Crippen molar-refractivity contribution in [2.75, 3.05) is 6.61 Å². The van der Waals surface area contributed by atoms with Crippen LogP contribution in [0.15, 0.2) is 36.5 Å². The SMILES string of the molecule is [CH2]CCCCCOOC(=O)c1ccc([Si](C=C)(CC)CC)cc1. The molecule has 0 aliphatic rings. The molecule has 0 saturated heterocycles. The van der Waals surface area contributed by atoms with Gasteiger partial charge in [0, 0.05) is 0 Å². The van der Waals surface area contributed by atoms with Crippen LogP contribution in [-0.4, -0.2) is 20.7 Å². The molecular weight excluding hydrogens is 304 g/mol. The van der Waals surface area contributed by atoms with E-state index in [-0.39, 0.29) is 0 Å². The first-order valence-corrected chi connectivity index (χ1v) is 11.0. The van der Waals surface area contributed by atoms with Crippen molar-refractivity contribution in [1.82, 2.24) is 0 Å². The van der Waals surface area contributed by atoms with Gasteiger partial charge in [-0.1, -0.05) is 75.1 Å². The third-order valence-electron chi connectivity index (χ3n) is 4.46. The van der Waals surface area contributed by atoms with Crippen molar-refractivity contribution in [3.05, 3.63) is 49.0 Å². The zero-order valence-corrected chi connectivity index (χ0v) is 15.5. The van der Waals surface area contributed by atoms with Gasteiger partial charge in [0.15, 0.2) is 0 Å². The van der Waals surface area contributed by atoms with Crippen LogP contribution in [0.5, 0.6) is 0 Å². The van der Waals surface area contributed by atoms with Crippen molar-refractivity contribution in [3.8, 4) is 0 Å². The van der Waals surface area contributed by atoms with Crippen molar-refractivity contribution in [1.29, 1.82) is 0 Å². The third-order valence-corrected chi connectivity index (χ3v) is 9.25. The fourth-order valence-corrected chi connectivity index (χ4v) is 5.62. The molecule has 0 spiro atoms. The van der Waals surface area contributed by atoms with Crippen LogP contribution in [0.3, 0.4) is 0 Å². The number of hydrogen-bond donors (Lipinski definition) is 0. The summed E-state index contributed by atoms with van der Waals surface area (Å²) in [7, 11) is -1.62. The molecule has 0 unspecified atom stereocenters. The molecule has 1 aromatic rings. The lowest BCUT2D eigenvalue weighted by molar-refractivity contribution is -0.241. The quantitative estimate of drug-likeness (QED) is 0.257. The standard InChI is InChI=1S/C19H29O3Si/c1-5-9-10-11-16-21-22-19(20)17-12-14-18(15-13-17)23(6-2,7-3)8-4/h6,12-15H,1-2,5,7-11,16H2,3-4H3. The molecule has 1 rings (SSSR count). The Kier molecular flexibility index (Phi) is 8.88. The van der Waals surface area contributed by atoms with Gasteiger partial charge in [0.05, 0.1) is 12.2 Å². The molecule has 0 aliphatic heterocycles. The van der Waals surface area contributed by atoms with E-state index in [4.69, 9.17) is 9.78 Å². The summed E-state index contributed by atoms with van der Waals surface area (Å²) in [5.74, 6) is -0.437. The Hall–Kier alpha value is -1.39. The number of carbonyl (C=O) groups is 1. The molecule has 1 radical (unpaired) electrons. The lowest BCUT2D eigenvalue weighted by atomic mass is 10.2. The summed E-state index contributed by atoms with van der Waals surface area (Å²) in [5, 5.41) is 1.31. The second-order valence-electron chi connectivity index (χ2n) is 5.75. The van der Waals surface area contributed by atoms with Crippen molar-refractivity contribution < 1.29 is 14.6 Å². The summed E-state index contributed by atoms with van der Waals surface area (Å²) in [6, 6.07) is 9.94. The van der Waals surface area contributed by atoms with E-state index in [9.17, 15) is 4.79 Å². The van der Waals surface area contributed by atoms with E-state index in [1.54, 1.807) is 0 Å². The average molecular weight is 334 g/mol. The summed E-state index contributed by atoms with van der Waals surface area (Å²) in [5.41, 5.74) is 2.65. The van der Waals surface area contributed by atoms with Crippen LogP contribution >= 0.6 is 0 Å². The Morgan fingerprint density at radius 3 is 2.30 bits per heavy atom. The molecule has 127 valence electrons. The van der Waals surface area contributed by atoms with Gasteiger partial charge in [-0.2, -0.15) is 4.89 Å². The van der Waals surface area contributed by atoms with Crippen molar-refractivity contribution in [3.63, 3.8) is 0 Å². The van der Waals surface area contributed by atoms with E-state index >= 15 is 0 Å². The van der Waals surface area contributed by atoms with Crippen LogP contribution in [0.25, 0.3) is 0 Å². The number of benzene rings is 1. The Bertz CT molecular complexity index is 478. The zero-order valence-electron chi connectivity index (χ0n) is 14.5. The van der Waals surface area contributed by atoms with Crippen LogP contribution in [0.1, 0.15) is 49.9 Å². The van der Waals surface area contributed by atoms with E-state index in [2.05, 4.69) is 33.0 Å². The van der Waals surface area contributed by atoms with Crippen LogP contribution in [0.2, 0.25) is 12.1 Å². The van der Waals surface area contributed by atoms with Gasteiger partial charge in [-0.05, 0) is 18.6 Å². The lowest BCUT2D eigenvalue weighted by Gasteiger charge is -2.25. The topological polar surface area (TPSA) is 35.5 Å². The van der Waals surface area contributed by atoms with Crippen molar-refractivity contribution >= 4 is 19.2 Å². The summed E-state index contributed by atoms with van der Waals surface area (Å²) in [4.78, 5) is 21.8. The molecule has 0 saturated carbocycles. The molecule has 0 N–H and O–H groups in total. The number of unbranched alkanes of at least 4 members (excludes halogenated alkanes) is 3. The first-order valence-electron chi connectivity index (χ1n) is 8.50. The maximum Gasteiger partial charge on any atom is 0.373 e. The molecule has 0 bridgehead atoms. The van der Waals surface area contributed by atoms with Crippen LogP contribution in [0, 0.1) is 6.92 Å². The van der Waals surface area contributed by atoms with Crippen LogP contribution in [-0.2, 0) is 9.78 Å². The van der Waals surface area contributed by atoms with Gasteiger partial charge in [0.2, 0.25) is 0 Å². The third kappa shape index (κ3) is 5.63. The lowest BCUT2D eigenvalue weighted by Crippen LogP contribution is -2.44. The minimum Gasteiger partial charge on any atom is -0.293 e. The molecule has 0 aliphatic carbocycles. The fraction of sp³-hybridized carbons (Fsp3) is 0.474. The monoisotopic (exact) mass is 333 g/mol. The van der Waals surface area contributed by atoms with Gasteiger partial charge < -0.3 is 0 Å². The number of hydrogen-bond acceptors (Lipinski definition) is 3. The minimum atomic E-state index is -1.62. The highest BCUT2D eigenvalue weighted by Gasteiger charge is 2.27. The van der Waals surface area contributed by atoms with E-state index in [1.165, 1.54) is 5.19 Å². The number of rotatable bonds is 11. The smallest absolute Gasteiger partial charge is 0.293 e. The van der Waals surface area contributed by atoms with Gasteiger partial charge in [0.25, 0.3) is 0 Å². The van der Waals surface area contributed by atoms with Crippen LogP contribution in [0.4, 0.5) is 0 Å². The first kappa shape index (κ1) is 19.7. The minimum absolute atomic E-state index is 0.433. The van der Waals surface area contributed by atoms with Gasteiger partial charge in [-0.3, -0.25) is 4.89 Å². The van der Waals surface area contributed by atoms with Gasteiger partial charge in [-0.15, -0.1) is 6.58 Å². The maximum absolute atomic E-state index is 11.9. The Balaban J connectivity index is 2.55. The van der Waals surface area contributed by atoms with E-state index in [0.717, 1.165) is 37.8 Å². The summed E-state index contributed by atoms with van der Waals surface area (Å²) < 4.78 is 0. The van der Waals surface area contributed by atoms with E-state index in [1.807, 2.05) is 24.3 Å². The zero-order chi connectivity index (χ0) is 17.1. The van der Waals surface area contributed by atoms with E-state index in [0.29, 0.717) is 12.2 Å². The predicted octanol–water partition coefficient (Wildman–Crippen LogP) is 4.59. The molecule has 1 aromatic carbocycles. The summed E-state index contributed by atoms with van der Waals surface area (Å²) in [6.07, 6.45) is 3.92. The average Bonchev–Trinajstić information content (AvgIpc) is 2.60. The van der Waals surface area contributed by atoms with Gasteiger partial charge in [-0.25, -0.2) is 4.79 Å². The summed E-state index contributed by atoms with van der Waals surface area (Å²) in [6.45, 7) is 12.7. The molecule has 4 heteroatoms. The Labute approximate surface area is 141 Å². The van der Waals surface area contributed by atoms with E-state index < -0.39 is 14.0 Å². The maximum atomic E-state index is 11.9. The van der Waals surface area contributed by atoms with Crippen molar-refractivity contribution in [2.24, 2.45) is 0 Å². The number of carbonyl (C=O) groups excluding carboxylic acids is 1. The fourth-order valence-electron chi connectivity index (χ4n) is 2.66. The van der Waals surface area contributed by atoms with Crippen molar-refractivity contribution in [2.45, 2.75) is 51.6 Å². The molecule has 0 atom stereocenters. The Morgan fingerprint density at radius 1 is 1.13 bits per heavy atom. The molecule has 0 fully saturated rings. The molecule has 23 heavy (non-hydrogen) atoms. The normalized spacial score (nSPS) is 11.3. The molecule has 0 amide bonds.